The molecule has 11 rings (SSSR count). The molecule has 50 heavy (non-hydrogen) atoms. The predicted octanol–water partition coefficient (Wildman–Crippen LogP) is 10.6. The first kappa shape index (κ1) is 27.3. The zero-order valence-electron chi connectivity index (χ0n) is 27.0. The minimum Gasteiger partial charge on any atom is -0.309 e. The molecule has 9 aromatic rings. The zero-order chi connectivity index (χ0) is 32.8. The Kier molecular flexibility index (Phi) is 5.56. The van der Waals surface area contributed by atoms with Gasteiger partial charge in [0.15, 0.2) is 0 Å². The molecule has 5 aromatic carbocycles. The lowest BCUT2D eigenvalue weighted by Crippen LogP contribution is -2.25. The van der Waals surface area contributed by atoms with E-state index in [1.54, 1.807) is 0 Å². The van der Waals surface area contributed by atoms with Gasteiger partial charge in [0.1, 0.15) is 0 Å². The molecule has 0 bridgehead atoms. The second-order valence-electron chi connectivity index (χ2n) is 13.2. The third kappa shape index (κ3) is 3.57. The minimum atomic E-state index is -0.397. The van der Waals surface area contributed by atoms with Gasteiger partial charge in [-0.1, -0.05) is 103 Å². The second-order valence-corrected chi connectivity index (χ2v) is 13.2. The fraction of sp³-hybridized carbons (Fsp3) is 0.0217. The van der Waals surface area contributed by atoms with Gasteiger partial charge < -0.3 is 4.57 Å². The highest BCUT2D eigenvalue weighted by Crippen LogP contribution is 2.63. The van der Waals surface area contributed by atoms with Gasteiger partial charge in [-0.05, 0) is 99.1 Å². The molecule has 1 spiro atoms. The molecule has 4 aromatic heterocycles. The van der Waals surface area contributed by atoms with Crippen LogP contribution in [0.5, 0.6) is 0 Å². The SMILES string of the molecule is c1ccc(-c2cc(-n3c4ccccc4c4cc5c(cc43)-c3ccccc3C53c4ccccc4-c4ccccc43)cc(-c3ccccn3)n2)nc1. The van der Waals surface area contributed by atoms with Gasteiger partial charge in [-0.3, -0.25) is 9.97 Å². The Hall–Kier alpha value is -6.65. The van der Waals surface area contributed by atoms with Crippen molar-refractivity contribution >= 4 is 21.8 Å². The van der Waals surface area contributed by atoms with Crippen molar-refractivity contribution in [1.82, 2.24) is 19.5 Å². The van der Waals surface area contributed by atoms with E-state index in [9.17, 15) is 0 Å². The Labute approximate surface area is 289 Å². The second kappa shape index (κ2) is 10.2. The maximum atomic E-state index is 5.08. The van der Waals surface area contributed by atoms with Crippen LogP contribution in [0.25, 0.3) is 72.5 Å². The highest BCUT2D eigenvalue weighted by Gasteiger charge is 2.51. The average molecular weight is 637 g/mol. The van der Waals surface area contributed by atoms with Crippen molar-refractivity contribution < 1.29 is 0 Å². The lowest BCUT2D eigenvalue weighted by Gasteiger charge is -2.30. The highest BCUT2D eigenvalue weighted by molar-refractivity contribution is 6.12. The van der Waals surface area contributed by atoms with E-state index in [1.165, 1.54) is 55.3 Å². The molecule has 0 atom stereocenters. The molecule has 0 amide bonds. The molecule has 0 aliphatic heterocycles. The molecular formula is C46H28N4. The van der Waals surface area contributed by atoms with Gasteiger partial charge in [0.05, 0.1) is 44.9 Å². The summed E-state index contributed by atoms with van der Waals surface area (Å²) in [7, 11) is 0. The van der Waals surface area contributed by atoms with Crippen LogP contribution in [0.4, 0.5) is 0 Å². The Morgan fingerprint density at radius 2 is 0.900 bits per heavy atom. The van der Waals surface area contributed by atoms with Crippen molar-refractivity contribution in [3.63, 3.8) is 0 Å². The zero-order valence-corrected chi connectivity index (χ0v) is 27.0. The van der Waals surface area contributed by atoms with Crippen molar-refractivity contribution in [3.05, 3.63) is 192 Å². The Morgan fingerprint density at radius 1 is 0.380 bits per heavy atom. The first-order valence-corrected chi connectivity index (χ1v) is 17.0. The molecule has 4 heteroatoms. The van der Waals surface area contributed by atoms with Crippen LogP contribution in [0, 0.1) is 0 Å². The largest absolute Gasteiger partial charge is 0.309 e. The van der Waals surface area contributed by atoms with Crippen molar-refractivity contribution in [3.8, 4) is 50.7 Å². The predicted molar refractivity (Wildman–Crippen MR) is 201 cm³/mol. The summed E-state index contributed by atoms with van der Waals surface area (Å²) in [6, 6.07) is 56.9. The van der Waals surface area contributed by atoms with E-state index in [4.69, 9.17) is 4.98 Å². The summed E-state index contributed by atoms with van der Waals surface area (Å²) in [6.45, 7) is 0. The molecule has 0 radical (unpaired) electrons. The molecule has 0 fully saturated rings. The lowest BCUT2D eigenvalue weighted by molar-refractivity contribution is 0.795. The summed E-state index contributed by atoms with van der Waals surface area (Å²) >= 11 is 0. The molecule has 2 aliphatic carbocycles. The van der Waals surface area contributed by atoms with Crippen LogP contribution < -0.4 is 0 Å². The van der Waals surface area contributed by atoms with Crippen molar-refractivity contribution in [2.45, 2.75) is 5.41 Å². The van der Waals surface area contributed by atoms with Gasteiger partial charge in [0.2, 0.25) is 0 Å². The van der Waals surface area contributed by atoms with Gasteiger partial charge in [-0.25, -0.2) is 4.98 Å². The smallest absolute Gasteiger partial charge is 0.0915 e. The normalized spacial score (nSPS) is 13.4. The van der Waals surface area contributed by atoms with E-state index in [-0.39, 0.29) is 0 Å². The van der Waals surface area contributed by atoms with Gasteiger partial charge in [-0.15, -0.1) is 0 Å². The highest BCUT2D eigenvalue weighted by atomic mass is 15.0. The quantitative estimate of drug-likeness (QED) is 0.194. The van der Waals surface area contributed by atoms with Crippen LogP contribution in [-0.4, -0.2) is 19.5 Å². The Morgan fingerprint density at radius 3 is 1.48 bits per heavy atom. The number of rotatable bonds is 3. The topological polar surface area (TPSA) is 43.6 Å². The molecule has 4 nitrogen and oxygen atoms in total. The van der Waals surface area contributed by atoms with Crippen LogP contribution in [0.15, 0.2) is 170 Å². The number of aromatic nitrogens is 4. The molecule has 0 saturated heterocycles. The van der Waals surface area contributed by atoms with Crippen LogP contribution >= 0.6 is 0 Å². The fourth-order valence-corrected chi connectivity index (χ4v) is 8.77. The van der Waals surface area contributed by atoms with Gasteiger partial charge in [-0.2, -0.15) is 0 Å². The van der Waals surface area contributed by atoms with Gasteiger partial charge in [0, 0.05) is 23.2 Å². The van der Waals surface area contributed by atoms with E-state index >= 15 is 0 Å². The van der Waals surface area contributed by atoms with E-state index in [1.807, 2.05) is 48.8 Å². The number of hydrogen-bond acceptors (Lipinski definition) is 3. The van der Waals surface area contributed by atoms with E-state index in [0.717, 1.165) is 39.5 Å². The number of fused-ring (bicyclic) bond motifs is 13. The molecule has 232 valence electrons. The van der Waals surface area contributed by atoms with Gasteiger partial charge in [0.25, 0.3) is 0 Å². The number of para-hydroxylation sites is 1. The maximum Gasteiger partial charge on any atom is 0.0915 e. The van der Waals surface area contributed by atoms with Crippen LogP contribution in [0.2, 0.25) is 0 Å². The van der Waals surface area contributed by atoms with Crippen molar-refractivity contribution in [2.75, 3.05) is 0 Å². The lowest BCUT2D eigenvalue weighted by atomic mass is 9.70. The first-order valence-electron chi connectivity index (χ1n) is 17.0. The fourth-order valence-electron chi connectivity index (χ4n) is 8.77. The summed E-state index contributed by atoms with van der Waals surface area (Å²) in [5.41, 5.74) is 16.7. The third-order valence-electron chi connectivity index (χ3n) is 10.7. The van der Waals surface area contributed by atoms with Gasteiger partial charge >= 0.3 is 0 Å². The number of hydrogen-bond donors (Lipinski definition) is 0. The Balaban J connectivity index is 1.25. The summed E-state index contributed by atoms with van der Waals surface area (Å²) in [6.07, 6.45) is 3.64. The molecule has 0 saturated carbocycles. The number of benzene rings is 5. The van der Waals surface area contributed by atoms with Crippen LogP contribution in [-0.2, 0) is 5.41 Å². The minimum absolute atomic E-state index is 0.397. The maximum absolute atomic E-state index is 5.08. The monoisotopic (exact) mass is 636 g/mol. The number of pyridine rings is 3. The Bertz CT molecular complexity index is 2710. The van der Waals surface area contributed by atoms with Crippen molar-refractivity contribution in [2.24, 2.45) is 0 Å². The summed E-state index contributed by atoms with van der Waals surface area (Å²) in [5, 5.41) is 2.44. The average Bonchev–Trinajstić information content (AvgIpc) is 3.79. The third-order valence-corrected chi connectivity index (χ3v) is 10.7. The van der Waals surface area contributed by atoms with Crippen molar-refractivity contribution in [1.29, 1.82) is 0 Å². The summed E-state index contributed by atoms with van der Waals surface area (Å²) < 4.78 is 2.40. The van der Waals surface area contributed by atoms with Crippen LogP contribution in [0.1, 0.15) is 22.3 Å². The molecule has 0 unspecified atom stereocenters. The number of nitrogens with zero attached hydrogens (tertiary/aromatic N) is 4. The standard InChI is InChI=1S/C46H28N4/c1-5-17-36-30(13-1)31-14-2-6-18-37(31)46(36)38-19-7-3-15-32(38)34-28-45-35(27-39(34)46)33-16-4-8-22-44(33)50(45)29-25-42(40-20-9-11-23-47-40)49-43(26-29)41-21-10-12-24-48-41/h1-28H. The molecule has 2 aliphatic rings. The summed E-state index contributed by atoms with van der Waals surface area (Å²) in [5.74, 6) is 0. The molecule has 0 N–H and O–H groups in total. The molecule has 4 heterocycles. The van der Waals surface area contributed by atoms with E-state index in [0.29, 0.717) is 0 Å². The van der Waals surface area contributed by atoms with Crippen LogP contribution in [0.3, 0.4) is 0 Å². The first-order chi connectivity index (χ1) is 24.8. The van der Waals surface area contributed by atoms with E-state index < -0.39 is 5.41 Å². The summed E-state index contributed by atoms with van der Waals surface area (Å²) in [4.78, 5) is 14.5. The molecular weight excluding hydrogens is 609 g/mol. The van der Waals surface area contributed by atoms with E-state index in [2.05, 4.69) is 136 Å².